The lowest BCUT2D eigenvalue weighted by Crippen LogP contribution is -2.02. The first kappa shape index (κ1) is 14.2. The van der Waals surface area contributed by atoms with Gasteiger partial charge in [-0.25, -0.2) is 0 Å². The smallest absolute Gasteiger partial charge is 0.0782 e. The van der Waals surface area contributed by atoms with E-state index in [-0.39, 0.29) is 5.92 Å². The van der Waals surface area contributed by atoms with Gasteiger partial charge in [0.1, 0.15) is 0 Å². The summed E-state index contributed by atoms with van der Waals surface area (Å²) in [6.07, 6.45) is 0.528. The molecule has 0 heterocycles. The molecule has 0 radical (unpaired) electrons. The Morgan fingerprint density at radius 3 is 2.21 bits per heavy atom. The van der Waals surface area contributed by atoms with Gasteiger partial charge in [-0.3, -0.25) is 0 Å². The molecule has 1 nitrogen and oxygen atoms in total. The summed E-state index contributed by atoms with van der Waals surface area (Å²) in [5.41, 5.74) is 1.66. The third kappa shape index (κ3) is 3.42. The minimum Gasteiger partial charge on any atom is -0.198 e. The largest absolute Gasteiger partial charge is 0.198 e. The van der Waals surface area contributed by atoms with Gasteiger partial charge in [-0.1, -0.05) is 53.0 Å². The molecular formula is C15H10Cl3N. The Hall–Kier alpha value is -1.20. The monoisotopic (exact) mass is 309 g/mol. The standard InChI is InChI=1S/C15H10Cl3N/c16-12-4-1-3-10(8-12)7-11(9-19)15-13(17)5-2-6-14(15)18/h1-6,8,11H,7H2. The molecular weight excluding hydrogens is 301 g/mol. The van der Waals surface area contributed by atoms with Crippen molar-refractivity contribution in [1.82, 2.24) is 0 Å². The highest BCUT2D eigenvalue weighted by molar-refractivity contribution is 6.36. The van der Waals surface area contributed by atoms with Crippen molar-refractivity contribution in [2.75, 3.05) is 0 Å². The zero-order valence-corrected chi connectivity index (χ0v) is 12.2. The Balaban J connectivity index is 2.34. The van der Waals surface area contributed by atoms with E-state index in [0.717, 1.165) is 5.56 Å². The molecule has 2 aromatic rings. The van der Waals surface area contributed by atoms with Crippen LogP contribution in [0.3, 0.4) is 0 Å². The molecule has 0 aromatic heterocycles. The highest BCUT2D eigenvalue weighted by Gasteiger charge is 2.18. The van der Waals surface area contributed by atoms with Gasteiger partial charge >= 0.3 is 0 Å². The third-order valence-corrected chi connectivity index (χ3v) is 3.73. The fourth-order valence-corrected chi connectivity index (χ4v) is 2.83. The van der Waals surface area contributed by atoms with Crippen LogP contribution in [0.1, 0.15) is 17.0 Å². The zero-order valence-electron chi connectivity index (χ0n) is 9.91. The number of hydrogen-bond acceptors (Lipinski definition) is 1. The molecule has 1 atom stereocenters. The van der Waals surface area contributed by atoms with E-state index in [1.54, 1.807) is 24.3 Å². The molecule has 2 aromatic carbocycles. The highest BCUT2D eigenvalue weighted by Crippen LogP contribution is 2.33. The molecule has 0 saturated heterocycles. The Morgan fingerprint density at radius 1 is 1.00 bits per heavy atom. The van der Waals surface area contributed by atoms with Crippen LogP contribution >= 0.6 is 34.8 Å². The molecule has 0 spiro atoms. The van der Waals surface area contributed by atoms with E-state index in [9.17, 15) is 5.26 Å². The summed E-state index contributed by atoms with van der Waals surface area (Å²) in [6, 6.07) is 14.9. The van der Waals surface area contributed by atoms with Crippen LogP contribution in [-0.2, 0) is 6.42 Å². The van der Waals surface area contributed by atoms with Gasteiger partial charge in [-0.2, -0.15) is 5.26 Å². The Morgan fingerprint density at radius 2 is 1.63 bits per heavy atom. The van der Waals surface area contributed by atoms with Crippen LogP contribution in [0, 0.1) is 11.3 Å². The van der Waals surface area contributed by atoms with Crippen molar-refractivity contribution in [3.63, 3.8) is 0 Å². The predicted molar refractivity (Wildman–Crippen MR) is 80.0 cm³/mol. The van der Waals surface area contributed by atoms with Crippen LogP contribution in [0.25, 0.3) is 0 Å². The average molecular weight is 311 g/mol. The Kier molecular flexibility index (Phi) is 4.71. The van der Waals surface area contributed by atoms with E-state index < -0.39 is 0 Å². The Bertz CT molecular complexity index is 611. The van der Waals surface area contributed by atoms with Crippen molar-refractivity contribution in [2.45, 2.75) is 12.3 Å². The zero-order chi connectivity index (χ0) is 13.8. The summed E-state index contributed by atoms with van der Waals surface area (Å²) in [6.45, 7) is 0. The summed E-state index contributed by atoms with van der Waals surface area (Å²) >= 11 is 18.2. The summed E-state index contributed by atoms with van der Waals surface area (Å²) < 4.78 is 0. The molecule has 0 aliphatic carbocycles. The van der Waals surface area contributed by atoms with E-state index in [1.807, 2.05) is 18.2 Å². The molecule has 0 aliphatic rings. The van der Waals surface area contributed by atoms with Crippen LogP contribution < -0.4 is 0 Å². The lowest BCUT2D eigenvalue weighted by molar-refractivity contribution is 0.850. The van der Waals surface area contributed by atoms with Crippen molar-refractivity contribution < 1.29 is 0 Å². The maximum Gasteiger partial charge on any atom is 0.0782 e. The molecule has 96 valence electrons. The van der Waals surface area contributed by atoms with Crippen molar-refractivity contribution in [2.24, 2.45) is 0 Å². The maximum absolute atomic E-state index is 9.36. The fraction of sp³-hybridized carbons (Fsp3) is 0.133. The van der Waals surface area contributed by atoms with Gasteiger partial charge in [0.25, 0.3) is 0 Å². The summed E-state index contributed by atoms with van der Waals surface area (Å²) in [4.78, 5) is 0. The number of halogens is 3. The van der Waals surface area contributed by atoms with E-state index in [2.05, 4.69) is 6.07 Å². The predicted octanol–water partition coefficient (Wildman–Crippen LogP) is 5.50. The first-order valence-electron chi connectivity index (χ1n) is 5.70. The first-order valence-corrected chi connectivity index (χ1v) is 6.83. The lowest BCUT2D eigenvalue weighted by atomic mass is 9.93. The normalized spacial score (nSPS) is 11.9. The topological polar surface area (TPSA) is 23.8 Å². The van der Waals surface area contributed by atoms with Crippen molar-refractivity contribution >= 4 is 34.8 Å². The number of hydrogen-bond donors (Lipinski definition) is 0. The van der Waals surface area contributed by atoms with Gasteiger partial charge in [0, 0.05) is 20.6 Å². The van der Waals surface area contributed by atoms with Gasteiger partial charge < -0.3 is 0 Å². The average Bonchev–Trinajstić information content (AvgIpc) is 2.37. The second kappa shape index (κ2) is 6.30. The Labute approximate surface area is 127 Å². The maximum atomic E-state index is 9.36. The van der Waals surface area contributed by atoms with Gasteiger partial charge in [0.15, 0.2) is 0 Å². The summed E-state index contributed by atoms with van der Waals surface area (Å²) in [5, 5.41) is 11.0. The molecule has 0 amide bonds. The van der Waals surface area contributed by atoms with Crippen LogP contribution in [0.4, 0.5) is 0 Å². The van der Waals surface area contributed by atoms with Gasteiger partial charge in [0.2, 0.25) is 0 Å². The highest BCUT2D eigenvalue weighted by atomic mass is 35.5. The molecule has 2 rings (SSSR count). The second-order valence-electron chi connectivity index (χ2n) is 4.15. The number of nitriles is 1. The van der Waals surface area contributed by atoms with Crippen molar-refractivity contribution in [3.8, 4) is 6.07 Å². The third-order valence-electron chi connectivity index (χ3n) is 2.83. The molecule has 0 N–H and O–H groups in total. The van der Waals surface area contributed by atoms with E-state index in [4.69, 9.17) is 34.8 Å². The van der Waals surface area contributed by atoms with Crippen LogP contribution in [0.15, 0.2) is 42.5 Å². The quantitative estimate of drug-likeness (QED) is 0.734. The number of nitrogens with zero attached hydrogens (tertiary/aromatic N) is 1. The van der Waals surface area contributed by atoms with E-state index >= 15 is 0 Å². The number of benzene rings is 2. The second-order valence-corrected chi connectivity index (χ2v) is 5.40. The lowest BCUT2D eigenvalue weighted by Gasteiger charge is -2.13. The number of rotatable bonds is 3. The molecule has 1 unspecified atom stereocenters. The van der Waals surface area contributed by atoms with Crippen molar-refractivity contribution in [3.05, 3.63) is 68.7 Å². The van der Waals surface area contributed by atoms with Crippen molar-refractivity contribution in [1.29, 1.82) is 5.26 Å². The van der Waals surface area contributed by atoms with Gasteiger partial charge in [-0.15, -0.1) is 0 Å². The minimum absolute atomic E-state index is 0.389. The minimum atomic E-state index is -0.389. The van der Waals surface area contributed by atoms with Crippen LogP contribution in [0.5, 0.6) is 0 Å². The molecule has 4 heteroatoms. The summed E-state index contributed by atoms with van der Waals surface area (Å²) in [5.74, 6) is -0.389. The van der Waals surface area contributed by atoms with E-state index in [0.29, 0.717) is 27.1 Å². The van der Waals surface area contributed by atoms with Gasteiger partial charge in [0.05, 0.1) is 12.0 Å². The van der Waals surface area contributed by atoms with Gasteiger partial charge in [-0.05, 0) is 36.2 Å². The molecule has 0 aliphatic heterocycles. The first-order chi connectivity index (χ1) is 9.11. The van der Waals surface area contributed by atoms with Crippen LogP contribution in [-0.4, -0.2) is 0 Å². The summed E-state index contributed by atoms with van der Waals surface area (Å²) in [7, 11) is 0. The molecule has 0 saturated carbocycles. The SMILES string of the molecule is N#CC(Cc1cccc(Cl)c1)c1c(Cl)cccc1Cl. The molecule has 0 bridgehead atoms. The van der Waals surface area contributed by atoms with Crippen LogP contribution in [0.2, 0.25) is 15.1 Å². The fourth-order valence-electron chi connectivity index (χ4n) is 1.96. The molecule has 0 fully saturated rings. The molecule has 19 heavy (non-hydrogen) atoms. The van der Waals surface area contributed by atoms with E-state index in [1.165, 1.54) is 0 Å².